The third-order valence-corrected chi connectivity index (χ3v) is 2.36. The fraction of sp³-hybridized carbons (Fsp3) is 0.500. The molecule has 74 valence electrons. The Morgan fingerprint density at radius 2 is 2.36 bits per heavy atom. The first-order valence-electron chi connectivity index (χ1n) is 4.93. The Morgan fingerprint density at radius 1 is 1.50 bits per heavy atom. The lowest BCUT2D eigenvalue weighted by Gasteiger charge is -2.03. The molecule has 14 heavy (non-hydrogen) atoms. The van der Waals surface area contributed by atoms with E-state index in [1.807, 2.05) is 4.68 Å². The number of rotatable bonds is 3. The maximum absolute atomic E-state index is 11.1. The van der Waals surface area contributed by atoms with Crippen molar-refractivity contribution in [1.82, 2.24) is 15.0 Å². The van der Waals surface area contributed by atoms with Crippen molar-refractivity contribution in [3.8, 4) is 0 Å². The van der Waals surface area contributed by atoms with E-state index < -0.39 is 0 Å². The van der Waals surface area contributed by atoms with Crippen LogP contribution in [0.15, 0.2) is 12.3 Å². The molecule has 0 bridgehead atoms. The predicted molar refractivity (Wildman–Crippen MR) is 52.5 cm³/mol. The maximum Gasteiger partial charge on any atom is 0.156 e. The molecule has 1 aromatic heterocycles. The van der Waals surface area contributed by atoms with Crippen LogP contribution in [0.25, 0.3) is 5.57 Å². The molecule has 1 aromatic rings. The molecule has 1 aliphatic carbocycles. The van der Waals surface area contributed by atoms with Crippen LogP contribution in [0.3, 0.4) is 0 Å². The van der Waals surface area contributed by atoms with Gasteiger partial charge in [0.25, 0.3) is 0 Å². The summed E-state index contributed by atoms with van der Waals surface area (Å²) >= 11 is 0. The first-order chi connectivity index (χ1) is 6.81. The summed E-state index contributed by atoms with van der Waals surface area (Å²) in [5.41, 5.74) is 2.08. The monoisotopic (exact) mass is 191 g/mol. The van der Waals surface area contributed by atoms with Gasteiger partial charge in [0, 0.05) is 13.0 Å². The van der Waals surface area contributed by atoms with Crippen molar-refractivity contribution >= 4 is 11.4 Å². The van der Waals surface area contributed by atoms with Gasteiger partial charge >= 0.3 is 0 Å². The highest BCUT2D eigenvalue weighted by Gasteiger charge is 2.16. The summed E-state index contributed by atoms with van der Waals surface area (Å²) in [6.45, 7) is 2.96. The van der Waals surface area contributed by atoms with Crippen molar-refractivity contribution in [1.29, 1.82) is 0 Å². The molecule has 0 saturated carbocycles. The van der Waals surface area contributed by atoms with Crippen LogP contribution < -0.4 is 0 Å². The first kappa shape index (κ1) is 9.12. The lowest BCUT2D eigenvalue weighted by molar-refractivity contribution is -0.114. The highest BCUT2D eigenvalue weighted by Crippen LogP contribution is 2.24. The number of aryl methyl sites for hydroxylation is 1. The largest absolute Gasteiger partial charge is 0.295 e. The molecule has 1 heterocycles. The molecule has 0 aliphatic heterocycles. The smallest absolute Gasteiger partial charge is 0.156 e. The van der Waals surface area contributed by atoms with Crippen LogP contribution in [0.1, 0.15) is 31.9 Å². The van der Waals surface area contributed by atoms with Gasteiger partial charge in [-0.15, -0.1) is 5.10 Å². The number of hydrogen-bond donors (Lipinski definition) is 0. The van der Waals surface area contributed by atoms with Crippen molar-refractivity contribution in [3.05, 3.63) is 18.0 Å². The minimum Gasteiger partial charge on any atom is -0.295 e. The zero-order chi connectivity index (χ0) is 9.97. The van der Waals surface area contributed by atoms with Gasteiger partial charge in [0.15, 0.2) is 5.78 Å². The molecular formula is C10H13N3O. The average molecular weight is 191 g/mol. The van der Waals surface area contributed by atoms with E-state index in [-0.39, 0.29) is 5.78 Å². The first-order valence-corrected chi connectivity index (χ1v) is 4.93. The fourth-order valence-electron chi connectivity index (χ4n) is 1.68. The summed E-state index contributed by atoms with van der Waals surface area (Å²) in [6, 6.07) is 0. The predicted octanol–water partition coefficient (Wildman–Crippen LogP) is 1.43. The Balaban J connectivity index is 2.27. The second-order valence-corrected chi connectivity index (χ2v) is 3.48. The number of carbonyl (C=O) groups excluding carboxylic acids is 1. The molecule has 0 N–H and O–H groups in total. The number of ketones is 1. The van der Waals surface area contributed by atoms with E-state index >= 15 is 0 Å². The van der Waals surface area contributed by atoms with Gasteiger partial charge in [-0.2, -0.15) is 0 Å². The Bertz CT molecular complexity index is 378. The molecule has 4 heteroatoms. The van der Waals surface area contributed by atoms with Crippen LogP contribution in [-0.2, 0) is 11.3 Å². The van der Waals surface area contributed by atoms with Gasteiger partial charge in [-0.05, 0) is 24.5 Å². The van der Waals surface area contributed by atoms with Gasteiger partial charge in [0.1, 0.15) is 0 Å². The van der Waals surface area contributed by atoms with Crippen LogP contribution >= 0.6 is 0 Å². The van der Waals surface area contributed by atoms with Crippen molar-refractivity contribution in [2.45, 2.75) is 32.7 Å². The minimum absolute atomic E-state index is 0.212. The highest BCUT2D eigenvalue weighted by atomic mass is 16.1. The molecular weight excluding hydrogens is 178 g/mol. The van der Waals surface area contributed by atoms with Crippen LogP contribution in [-0.4, -0.2) is 20.8 Å². The van der Waals surface area contributed by atoms with Gasteiger partial charge in [-0.25, -0.2) is 4.68 Å². The SMILES string of the molecule is CCCn1nncc1C1=CC(=O)CC1. The van der Waals surface area contributed by atoms with Gasteiger partial charge in [0.05, 0.1) is 11.9 Å². The van der Waals surface area contributed by atoms with Crippen molar-refractivity contribution in [2.75, 3.05) is 0 Å². The molecule has 0 spiro atoms. The van der Waals surface area contributed by atoms with Crippen LogP contribution in [0, 0.1) is 0 Å². The second kappa shape index (κ2) is 3.74. The number of hydrogen-bond acceptors (Lipinski definition) is 3. The number of nitrogens with zero attached hydrogens (tertiary/aromatic N) is 3. The quantitative estimate of drug-likeness (QED) is 0.726. The van der Waals surface area contributed by atoms with Gasteiger partial charge in [0.2, 0.25) is 0 Å². The van der Waals surface area contributed by atoms with E-state index in [1.165, 1.54) is 0 Å². The van der Waals surface area contributed by atoms with Crippen LogP contribution in [0.4, 0.5) is 0 Å². The Labute approximate surface area is 82.6 Å². The van der Waals surface area contributed by atoms with Crippen LogP contribution in [0.5, 0.6) is 0 Å². The third-order valence-electron chi connectivity index (χ3n) is 2.36. The van der Waals surface area contributed by atoms with Crippen LogP contribution in [0.2, 0.25) is 0 Å². The normalized spacial score (nSPS) is 16.1. The average Bonchev–Trinajstić information content (AvgIpc) is 2.74. The summed E-state index contributed by atoms with van der Waals surface area (Å²) in [7, 11) is 0. The molecule has 0 aromatic carbocycles. The van der Waals surface area contributed by atoms with Gasteiger partial charge in [-0.1, -0.05) is 12.1 Å². The molecule has 0 atom stereocenters. The lowest BCUT2D eigenvalue weighted by Crippen LogP contribution is -2.03. The van der Waals surface area contributed by atoms with E-state index in [4.69, 9.17) is 0 Å². The maximum atomic E-state index is 11.1. The van der Waals surface area contributed by atoms with E-state index in [2.05, 4.69) is 17.2 Å². The van der Waals surface area contributed by atoms with Crippen molar-refractivity contribution < 1.29 is 4.79 Å². The van der Waals surface area contributed by atoms with E-state index in [0.29, 0.717) is 6.42 Å². The Hall–Kier alpha value is -1.45. The molecule has 2 rings (SSSR count). The highest BCUT2D eigenvalue weighted by molar-refractivity contribution is 6.01. The number of aromatic nitrogens is 3. The van der Waals surface area contributed by atoms with Gasteiger partial charge < -0.3 is 0 Å². The zero-order valence-electron chi connectivity index (χ0n) is 8.23. The Morgan fingerprint density at radius 3 is 3.00 bits per heavy atom. The van der Waals surface area contributed by atoms with E-state index in [9.17, 15) is 4.79 Å². The Kier molecular flexibility index (Phi) is 2.43. The standard InChI is InChI=1S/C10H13N3O/c1-2-5-13-10(7-11-12-13)8-3-4-9(14)6-8/h6-7H,2-5H2,1H3. The third kappa shape index (κ3) is 1.60. The fourth-order valence-corrected chi connectivity index (χ4v) is 1.68. The molecule has 0 saturated heterocycles. The van der Waals surface area contributed by atoms with E-state index in [1.54, 1.807) is 12.3 Å². The summed E-state index contributed by atoms with van der Waals surface area (Å²) in [5, 5.41) is 7.86. The topological polar surface area (TPSA) is 47.8 Å². The summed E-state index contributed by atoms with van der Waals surface area (Å²) in [5.74, 6) is 0.212. The molecule has 0 fully saturated rings. The summed E-state index contributed by atoms with van der Waals surface area (Å²) in [6.07, 6.45) is 5.94. The number of carbonyl (C=O) groups is 1. The number of allylic oxidation sites excluding steroid dienone is 2. The van der Waals surface area contributed by atoms with Gasteiger partial charge in [-0.3, -0.25) is 4.79 Å². The zero-order valence-corrected chi connectivity index (χ0v) is 8.23. The molecule has 0 unspecified atom stereocenters. The van der Waals surface area contributed by atoms with Crippen molar-refractivity contribution in [2.24, 2.45) is 0 Å². The molecule has 4 nitrogen and oxygen atoms in total. The summed E-state index contributed by atoms with van der Waals surface area (Å²) < 4.78 is 1.87. The second-order valence-electron chi connectivity index (χ2n) is 3.48. The van der Waals surface area contributed by atoms with E-state index in [0.717, 1.165) is 30.7 Å². The minimum atomic E-state index is 0.212. The molecule has 0 amide bonds. The van der Waals surface area contributed by atoms with Crippen molar-refractivity contribution in [3.63, 3.8) is 0 Å². The lowest BCUT2D eigenvalue weighted by atomic mass is 10.2. The molecule has 1 aliphatic rings. The molecule has 0 radical (unpaired) electrons. The summed E-state index contributed by atoms with van der Waals surface area (Å²) in [4.78, 5) is 11.1.